The highest BCUT2D eigenvalue weighted by molar-refractivity contribution is 6.13. The third-order valence-corrected chi connectivity index (χ3v) is 2.73. The van der Waals surface area contributed by atoms with Gasteiger partial charge in [-0.05, 0) is 18.7 Å². The molecule has 0 radical (unpaired) electrons. The molecule has 0 saturated carbocycles. The molecule has 0 bridgehead atoms. The number of methoxy groups -OCH3 is 1. The molecule has 0 unspecified atom stereocenters. The summed E-state index contributed by atoms with van der Waals surface area (Å²) in [6, 6.07) is 0.200. The largest absolute Gasteiger partial charge is 0.384 e. The van der Waals surface area contributed by atoms with Gasteiger partial charge in [0.05, 0.1) is 13.0 Å². The van der Waals surface area contributed by atoms with E-state index in [9.17, 15) is 4.79 Å². The summed E-state index contributed by atoms with van der Waals surface area (Å²) >= 11 is 5.86. The lowest BCUT2D eigenvalue weighted by Gasteiger charge is -2.36. The fourth-order valence-corrected chi connectivity index (χ4v) is 1.89. The van der Waals surface area contributed by atoms with E-state index in [1.807, 2.05) is 11.8 Å². The van der Waals surface area contributed by atoms with Crippen LogP contribution in [0.5, 0.6) is 0 Å². The van der Waals surface area contributed by atoms with Gasteiger partial charge in [-0.25, -0.2) is 4.42 Å². The van der Waals surface area contributed by atoms with Gasteiger partial charge in [-0.3, -0.25) is 4.79 Å². The molecule has 0 aromatic heterocycles. The van der Waals surface area contributed by atoms with Crippen LogP contribution in [-0.4, -0.2) is 54.6 Å². The number of hydrogen-bond donors (Lipinski definition) is 0. The maximum atomic E-state index is 11.7. The van der Waals surface area contributed by atoms with E-state index in [0.717, 1.165) is 13.1 Å². The zero-order chi connectivity index (χ0) is 10.6. The van der Waals surface area contributed by atoms with E-state index < -0.39 is 0 Å². The van der Waals surface area contributed by atoms with Gasteiger partial charge in [-0.15, -0.1) is 0 Å². The number of ether oxygens (including phenoxy) is 1. The minimum absolute atomic E-state index is 0.157. The minimum Gasteiger partial charge on any atom is -0.384 e. The molecule has 1 amide bonds. The topological polar surface area (TPSA) is 32.8 Å². The van der Waals surface area contributed by atoms with E-state index in [-0.39, 0.29) is 11.9 Å². The number of nitrogens with zero attached hydrogens (tertiary/aromatic N) is 2. The predicted molar refractivity (Wildman–Crippen MR) is 55.1 cm³/mol. The summed E-state index contributed by atoms with van der Waals surface area (Å²) in [6.45, 7) is 4.70. The average Bonchev–Trinajstić information content (AvgIpc) is 2.14. The van der Waals surface area contributed by atoms with Crippen molar-refractivity contribution < 1.29 is 9.53 Å². The molecule has 82 valence electrons. The van der Waals surface area contributed by atoms with E-state index >= 15 is 0 Å². The van der Waals surface area contributed by atoms with E-state index in [1.165, 1.54) is 0 Å². The van der Waals surface area contributed by atoms with Crippen LogP contribution in [0.4, 0.5) is 0 Å². The van der Waals surface area contributed by atoms with Crippen LogP contribution in [0.2, 0.25) is 0 Å². The molecule has 5 heteroatoms. The number of halogens is 1. The van der Waals surface area contributed by atoms with Crippen molar-refractivity contribution in [1.82, 2.24) is 9.32 Å². The van der Waals surface area contributed by atoms with Crippen LogP contribution in [0.25, 0.3) is 0 Å². The highest BCUT2D eigenvalue weighted by Crippen LogP contribution is 2.12. The fourth-order valence-electron chi connectivity index (χ4n) is 1.62. The van der Waals surface area contributed by atoms with Gasteiger partial charge in [0.1, 0.15) is 0 Å². The zero-order valence-electron chi connectivity index (χ0n) is 8.70. The van der Waals surface area contributed by atoms with Crippen molar-refractivity contribution in [1.29, 1.82) is 0 Å². The standard InChI is InChI=1S/C9H17ClN2O2/c1-8-7-11(10)4-5-12(8)9(13)3-6-14-2/h8H,3-7H2,1-2H3/t8-/m1/s1. The van der Waals surface area contributed by atoms with E-state index in [1.54, 1.807) is 11.5 Å². The molecule has 4 nitrogen and oxygen atoms in total. The summed E-state index contributed by atoms with van der Waals surface area (Å²) in [5.41, 5.74) is 0. The summed E-state index contributed by atoms with van der Waals surface area (Å²) in [7, 11) is 1.60. The van der Waals surface area contributed by atoms with Gasteiger partial charge in [0.2, 0.25) is 5.91 Å². The Balaban J connectivity index is 2.39. The van der Waals surface area contributed by atoms with Crippen LogP contribution in [0, 0.1) is 0 Å². The monoisotopic (exact) mass is 220 g/mol. The molecular weight excluding hydrogens is 204 g/mol. The highest BCUT2D eigenvalue weighted by Gasteiger charge is 2.25. The lowest BCUT2D eigenvalue weighted by Crippen LogP contribution is -2.51. The average molecular weight is 221 g/mol. The molecule has 0 N–H and O–H groups in total. The zero-order valence-corrected chi connectivity index (χ0v) is 9.46. The molecule has 1 atom stereocenters. The summed E-state index contributed by atoms with van der Waals surface area (Å²) in [4.78, 5) is 13.5. The Kier molecular flexibility index (Phi) is 4.65. The Hall–Kier alpha value is -0.320. The van der Waals surface area contributed by atoms with E-state index in [0.29, 0.717) is 19.6 Å². The number of carbonyl (C=O) groups excluding carboxylic acids is 1. The number of rotatable bonds is 3. The van der Waals surface area contributed by atoms with Crippen molar-refractivity contribution in [2.45, 2.75) is 19.4 Å². The van der Waals surface area contributed by atoms with Crippen LogP contribution in [0.15, 0.2) is 0 Å². The van der Waals surface area contributed by atoms with Crippen molar-refractivity contribution >= 4 is 17.7 Å². The molecule has 0 spiro atoms. The van der Waals surface area contributed by atoms with Crippen LogP contribution in [-0.2, 0) is 9.53 Å². The Labute approximate surface area is 89.9 Å². The third-order valence-electron chi connectivity index (χ3n) is 2.42. The van der Waals surface area contributed by atoms with E-state index in [4.69, 9.17) is 16.5 Å². The van der Waals surface area contributed by atoms with Gasteiger partial charge >= 0.3 is 0 Å². The second kappa shape index (κ2) is 5.53. The van der Waals surface area contributed by atoms with Crippen molar-refractivity contribution in [2.24, 2.45) is 0 Å². The van der Waals surface area contributed by atoms with Crippen molar-refractivity contribution in [2.75, 3.05) is 33.4 Å². The molecule has 1 rings (SSSR count). The molecule has 1 aliphatic rings. The van der Waals surface area contributed by atoms with Gasteiger partial charge in [-0.1, -0.05) is 0 Å². The molecule has 1 heterocycles. The number of amides is 1. The first-order valence-corrected chi connectivity index (χ1v) is 5.18. The molecule has 1 saturated heterocycles. The smallest absolute Gasteiger partial charge is 0.225 e. The van der Waals surface area contributed by atoms with Crippen molar-refractivity contribution in [3.63, 3.8) is 0 Å². The molecule has 14 heavy (non-hydrogen) atoms. The number of hydrogen-bond acceptors (Lipinski definition) is 3. The first-order valence-electron chi connectivity index (χ1n) is 4.84. The minimum atomic E-state index is 0.157. The first kappa shape index (κ1) is 11.8. The normalized spacial score (nSPS) is 23.9. The van der Waals surface area contributed by atoms with Gasteiger partial charge in [0.25, 0.3) is 0 Å². The lowest BCUT2D eigenvalue weighted by molar-refractivity contribution is -0.135. The van der Waals surface area contributed by atoms with Crippen LogP contribution < -0.4 is 0 Å². The summed E-state index contributed by atoms with van der Waals surface area (Å²) in [5, 5.41) is 0. The lowest BCUT2D eigenvalue weighted by atomic mass is 10.2. The van der Waals surface area contributed by atoms with Crippen LogP contribution in [0.1, 0.15) is 13.3 Å². The molecule has 1 fully saturated rings. The van der Waals surface area contributed by atoms with Crippen molar-refractivity contribution in [3.05, 3.63) is 0 Å². The van der Waals surface area contributed by atoms with Crippen LogP contribution >= 0.6 is 11.8 Å². The van der Waals surface area contributed by atoms with Gasteiger partial charge < -0.3 is 9.64 Å². The van der Waals surface area contributed by atoms with E-state index in [2.05, 4.69) is 0 Å². The highest BCUT2D eigenvalue weighted by atomic mass is 35.5. The Morgan fingerprint density at radius 2 is 2.29 bits per heavy atom. The quantitative estimate of drug-likeness (QED) is 0.657. The Morgan fingerprint density at radius 3 is 2.86 bits per heavy atom. The first-order chi connectivity index (χ1) is 6.65. The van der Waals surface area contributed by atoms with Gasteiger partial charge in [-0.2, -0.15) is 0 Å². The molecule has 0 aromatic carbocycles. The molecular formula is C9H17ClN2O2. The number of carbonyl (C=O) groups is 1. The summed E-state index contributed by atoms with van der Waals surface area (Å²) in [5.74, 6) is 0.157. The van der Waals surface area contributed by atoms with Crippen LogP contribution in [0.3, 0.4) is 0 Å². The SMILES string of the molecule is COCCC(=O)N1CCN(Cl)C[C@H]1C. The predicted octanol–water partition coefficient (Wildman–Crippen LogP) is 0.709. The summed E-state index contributed by atoms with van der Waals surface area (Å²) < 4.78 is 6.60. The second-order valence-corrected chi connectivity index (χ2v) is 4.03. The Bertz CT molecular complexity index is 201. The maximum absolute atomic E-state index is 11.7. The molecule has 1 aliphatic heterocycles. The van der Waals surface area contributed by atoms with Gasteiger partial charge in [0.15, 0.2) is 0 Å². The van der Waals surface area contributed by atoms with Crippen molar-refractivity contribution in [3.8, 4) is 0 Å². The number of piperazine rings is 1. The molecule has 0 aliphatic carbocycles. The Morgan fingerprint density at radius 1 is 1.57 bits per heavy atom. The summed E-state index contributed by atoms with van der Waals surface area (Å²) in [6.07, 6.45) is 0.461. The second-order valence-electron chi connectivity index (χ2n) is 3.55. The third kappa shape index (κ3) is 3.12. The van der Waals surface area contributed by atoms with Gasteiger partial charge in [0, 0.05) is 32.8 Å². The fraction of sp³-hybridized carbons (Fsp3) is 0.889. The molecule has 0 aromatic rings. The maximum Gasteiger partial charge on any atom is 0.225 e.